The van der Waals surface area contributed by atoms with Crippen LogP contribution in [0.1, 0.15) is 23.0 Å². The molecule has 148 valence electrons. The lowest BCUT2D eigenvalue weighted by Gasteiger charge is -2.40. The van der Waals surface area contributed by atoms with Crippen LogP contribution < -0.4 is 5.73 Å². The van der Waals surface area contributed by atoms with Crippen molar-refractivity contribution < 1.29 is 4.92 Å². The number of nitrogens with two attached hydrogens (primary N) is 1. The van der Waals surface area contributed by atoms with Crippen LogP contribution in [0.15, 0.2) is 59.8 Å². The van der Waals surface area contributed by atoms with Gasteiger partial charge in [-0.15, -0.1) is 0 Å². The minimum Gasteiger partial charge on any atom is -0.399 e. The summed E-state index contributed by atoms with van der Waals surface area (Å²) in [6, 6.07) is 16.4. The lowest BCUT2D eigenvalue weighted by Crippen LogP contribution is -2.50. The Bertz CT molecular complexity index is 1140. The second kappa shape index (κ2) is 8.05. The number of hydrogen-bond acceptors (Lipinski definition) is 6. The number of allylic oxidation sites excluding steroid dienone is 1. The largest absolute Gasteiger partial charge is 0.399 e. The molecule has 0 spiro atoms. The molecule has 2 aromatic carbocycles. The summed E-state index contributed by atoms with van der Waals surface area (Å²) in [4.78, 5) is 11.7. The zero-order chi connectivity index (χ0) is 22.1. The SMILES string of the molecule is N#CC1=C(N)C(C#N)(C#N)[C@H](c2ccc(Cl)cc2)[C@@H]([N+](=O)[O-])[C@H]1c1ccc(Cl)cc1. The molecule has 9 heteroatoms. The van der Waals surface area contributed by atoms with Gasteiger partial charge in [-0.05, 0) is 35.4 Å². The van der Waals surface area contributed by atoms with Gasteiger partial charge < -0.3 is 5.73 Å². The molecule has 1 aliphatic rings. The average Bonchev–Trinajstić information content (AvgIpc) is 2.74. The highest BCUT2D eigenvalue weighted by Gasteiger charge is 2.61. The summed E-state index contributed by atoms with van der Waals surface area (Å²) in [5, 5.41) is 42.8. The Hall–Kier alpha value is -3.57. The molecule has 0 radical (unpaired) electrons. The molecule has 7 nitrogen and oxygen atoms in total. The van der Waals surface area contributed by atoms with Gasteiger partial charge in [-0.3, -0.25) is 10.1 Å². The van der Waals surface area contributed by atoms with E-state index in [0.29, 0.717) is 21.2 Å². The first-order valence-electron chi connectivity index (χ1n) is 8.67. The number of halogens is 2. The van der Waals surface area contributed by atoms with Crippen LogP contribution in [0.2, 0.25) is 10.0 Å². The lowest BCUT2D eigenvalue weighted by molar-refractivity contribution is -0.532. The van der Waals surface area contributed by atoms with Crippen LogP contribution in [-0.4, -0.2) is 11.0 Å². The molecule has 0 aromatic heterocycles. The minimum atomic E-state index is -2.10. The predicted molar refractivity (Wildman–Crippen MR) is 110 cm³/mol. The molecule has 0 heterocycles. The first-order valence-corrected chi connectivity index (χ1v) is 9.43. The van der Waals surface area contributed by atoms with Crippen LogP contribution in [0.3, 0.4) is 0 Å². The third-order valence-electron chi connectivity index (χ3n) is 5.35. The van der Waals surface area contributed by atoms with Crippen molar-refractivity contribution in [3.05, 3.63) is 91.1 Å². The standard InChI is InChI=1S/C21H13Cl2N5O2/c22-14-5-1-12(2-6-14)17-16(9-24)20(27)21(10-25,11-26)18(19(17)28(29)30)13-3-7-15(23)8-4-13/h1-8,17-19H,27H2/t17-,18+,19-/m0/s1. The highest BCUT2D eigenvalue weighted by molar-refractivity contribution is 6.30. The highest BCUT2D eigenvalue weighted by atomic mass is 35.5. The molecule has 2 aromatic rings. The number of nitro groups is 1. The molecule has 0 saturated heterocycles. The van der Waals surface area contributed by atoms with Crippen molar-refractivity contribution in [2.24, 2.45) is 11.1 Å². The number of hydrogen-bond donors (Lipinski definition) is 1. The fraction of sp³-hybridized carbons (Fsp3) is 0.190. The van der Waals surface area contributed by atoms with E-state index in [1.807, 2.05) is 18.2 Å². The summed E-state index contributed by atoms with van der Waals surface area (Å²) in [7, 11) is 0. The number of rotatable bonds is 3. The molecule has 0 unspecified atom stereocenters. The van der Waals surface area contributed by atoms with Gasteiger partial charge in [0.15, 0.2) is 5.41 Å². The van der Waals surface area contributed by atoms with Crippen molar-refractivity contribution in [3.63, 3.8) is 0 Å². The number of nitriles is 3. The molecular formula is C21H13Cl2N5O2. The topological polar surface area (TPSA) is 141 Å². The predicted octanol–water partition coefficient (Wildman–Crippen LogP) is 4.29. The van der Waals surface area contributed by atoms with Crippen molar-refractivity contribution in [2.45, 2.75) is 17.9 Å². The second-order valence-corrected chi connectivity index (χ2v) is 7.68. The molecule has 1 aliphatic carbocycles. The zero-order valence-electron chi connectivity index (χ0n) is 15.3. The van der Waals surface area contributed by atoms with E-state index in [4.69, 9.17) is 28.9 Å². The summed E-state index contributed by atoms with van der Waals surface area (Å²) in [5.41, 5.74) is 4.43. The van der Waals surface area contributed by atoms with Crippen molar-refractivity contribution >= 4 is 23.2 Å². The van der Waals surface area contributed by atoms with Crippen LogP contribution in [-0.2, 0) is 0 Å². The molecule has 0 aliphatic heterocycles. The zero-order valence-corrected chi connectivity index (χ0v) is 16.8. The molecule has 0 amide bonds. The Balaban J connectivity index is 2.40. The van der Waals surface area contributed by atoms with Gasteiger partial charge in [-0.1, -0.05) is 47.5 Å². The maximum absolute atomic E-state index is 12.3. The maximum atomic E-state index is 12.3. The average molecular weight is 438 g/mol. The van der Waals surface area contributed by atoms with Crippen LogP contribution in [0.25, 0.3) is 0 Å². The van der Waals surface area contributed by atoms with E-state index in [-0.39, 0.29) is 11.3 Å². The van der Waals surface area contributed by atoms with Gasteiger partial charge in [0, 0.05) is 15.0 Å². The quantitative estimate of drug-likeness (QED) is 0.560. The first-order chi connectivity index (χ1) is 14.3. The molecule has 0 fully saturated rings. The summed E-state index contributed by atoms with van der Waals surface area (Å²) >= 11 is 11.9. The molecule has 3 rings (SSSR count). The van der Waals surface area contributed by atoms with Gasteiger partial charge in [0.1, 0.15) is 0 Å². The van der Waals surface area contributed by atoms with Gasteiger partial charge in [0.2, 0.25) is 6.04 Å². The molecule has 30 heavy (non-hydrogen) atoms. The van der Waals surface area contributed by atoms with E-state index in [1.165, 1.54) is 24.3 Å². The fourth-order valence-electron chi connectivity index (χ4n) is 3.98. The Morgan fingerprint density at radius 2 is 1.40 bits per heavy atom. The summed E-state index contributed by atoms with van der Waals surface area (Å²) in [6.07, 6.45) is 0. The van der Waals surface area contributed by atoms with Gasteiger partial charge in [-0.25, -0.2) is 0 Å². The van der Waals surface area contributed by atoms with Gasteiger partial charge in [0.25, 0.3) is 0 Å². The molecule has 2 N–H and O–H groups in total. The van der Waals surface area contributed by atoms with Crippen LogP contribution in [0, 0.1) is 49.5 Å². The minimum absolute atomic E-state index is 0.174. The Labute approximate surface area is 182 Å². The number of benzene rings is 2. The Morgan fingerprint density at radius 1 is 0.933 bits per heavy atom. The normalized spacial score (nSPS) is 22.4. The van der Waals surface area contributed by atoms with Crippen LogP contribution in [0.4, 0.5) is 0 Å². The fourth-order valence-corrected chi connectivity index (χ4v) is 4.23. The molecule has 0 bridgehead atoms. The van der Waals surface area contributed by atoms with Crippen LogP contribution >= 0.6 is 23.2 Å². The third-order valence-corrected chi connectivity index (χ3v) is 5.85. The van der Waals surface area contributed by atoms with Crippen molar-refractivity contribution in [2.75, 3.05) is 0 Å². The highest BCUT2D eigenvalue weighted by Crippen LogP contribution is 2.54. The van der Waals surface area contributed by atoms with E-state index < -0.39 is 28.2 Å². The summed E-state index contributed by atoms with van der Waals surface area (Å²) in [5.74, 6) is -2.31. The van der Waals surface area contributed by atoms with E-state index in [1.54, 1.807) is 24.3 Å². The lowest BCUT2D eigenvalue weighted by atomic mass is 9.58. The smallest absolute Gasteiger partial charge is 0.234 e. The number of nitrogens with zero attached hydrogens (tertiary/aromatic N) is 4. The monoisotopic (exact) mass is 437 g/mol. The third kappa shape index (κ3) is 3.23. The van der Waals surface area contributed by atoms with Crippen LogP contribution in [0.5, 0.6) is 0 Å². The van der Waals surface area contributed by atoms with Gasteiger partial charge in [-0.2, -0.15) is 15.8 Å². The Kier molecular flexibility index (Phi) is 5.67. The van der Waals surface area contributed by atoms with Gasteiger partial charge in [0.05, 0.1) is 41.3 Å². The van der Waals surface area contributed by atoms with Gasteiger partial charge >= 0.3 is 0 Å². The van der Waals surface area contributed by atoms with Crippen molar-refractivity contribution in [1.82, 2.24) is 0 Å². The Morgan fingerprint density at radius 3 is 1.80 bits per heavy atom. The maximum Gasteiger partial charge on any atom is 0.234 e. The van der Waals surface area contributed by atoms with E-state index >= 15 is 0 Å². The second-order valence-electron chi connectivity index (χ2n) is 6.81. The molecule has 3 atom stereocenters. The molecular weight excluding hydrogens is 425 g/mol. The van der Waals surface area contributed by atoms with Crippen molar-refractivity contribution in [3.8, 4) is 18.2 Å². The van der Waals surface area contributed by atoms with E-state index in [2.05, 4.69) is 0 Å². The van der Waals surface area contributed by atoms with E-state index in [9.17, 15) is 25.9 Å². The molecule has 0 saturated carbocycles. The first kappa shape index (κ1) is 21.1. The summed E-state index contributed by atoms with van der Waals surface area (Å²) in [6.45, 7) is 0. The summed E-state index contributed by atoms with van der Waals surface area (Å²) < 4.78 is 0. The van der Waals surface area contributed by atoms with E-state index in [0.717, 1.165) is 0 Å². The van der Waals surface area contributed by atoms with Crippen molar-refractivity contribution in [1.29, 1.82) is 15.8 Å².